The van der Waals surface area contributed by atoms with Crippen molar-refractivity contribution in [3.8, 4) is 11.1 Å². The lowest BCUT2D eigenvalue weighted by atomic mass is 9.91. The second kappa shape index (κ2) is 8.72. The highest BCUT2D eigenvalue weighted by Crippen LogP contribution is 2.27. The highest BCUT2D eigenvalue weighted by atomic mass is 16.2. The molecule has 0 bridgehead atoms. The molecule has 2 aliphatic rings. The predicted octanol–water partition coefficient (Wildman–Crippen LogP) is 4.15. The third-order valence-electron chi connectivity index (χ3n) is 6.27. The average molecular weight is 379 g/mol. The quantitative estimate of drug-likeness (QED) is 0.802. The molecule has 2 fully saturated rings. The number of hydrogen-bond donors (Lipinski definition) is 0. The molecule has 0 N–H and O–H groups in total. The minimum Gasteiger partial charge on any atom is -0.342 e. The van der Waals surface area contributed by atoms with E-state index < -0.39 is 0 Å². The van der Waals surface area contributed by atoms with Crippen LogP contribution in [-0.4, -0.2) is 47.0 Å². The van der Waals surface area contributed by atoms with Crippen LogP contribution in [0.4, 0.5) is 5.95 Å². The number of amides is 1. The molecule has 1 amide bonds. The molecule has 0 spiro atoms. The van der Waals surface area contributed by atoms with E-state index in [9.17, 15) is 4.79 Å². The third kappa shape index (κ3) is 4.18. The molecule has 2 aromatic rings. The van der Waals surface area contributed by atoms with Gasteiger partial charge in [-0.25, -0.2) is 9.97 Å². The molecule has 1 aromatic carbocycles. The highest BCUT2D eigenvalue weighted by molar-refractivity contribution is 5.79. The Morgan fingerprint density at radius 1 is 0.964 bits per heavy atom. The van der Waals surface area contributed by atoms with E-state index >= 15 is 0 Å². The van der Waals surface area contributed by atoms with Gasteiger partial charge in [0.05, 0.1) is 5.92 Å². The van der Waals surface area contributed by atoms with Crippen molar-refractivity contribution in [2.75, 3.05) is 25.0 Å². The summed E-state index contributed by atoms with van der Waals surface area (Å²) >= 11 is 0. The van der Waals surface area contributed by atoms with Crippen LogP contribution in [0.1, 0.15) is 44.9 Å². The lowest BCUT2D eigenvalue weighted by Crippen LogP contribution is -2.47. The van der Waals surface area contributed by atoms with Gasteiger partial charge in [0.25, 0.3) is 0 Å². The summed E-state index contributed by atoms with van der Waals surface area (Å²) in [5.41, 5.74) is 2.14. The SMILES string of the molecule is CN(C(=O)C1CCCN(c2ncc(-c3ccccc3)cn2)C1)C1CCCCC1. The standard InChI is InChI=1S/C23H30N4O/c1-26(21-12-6-3-7-13-21)22(28)19-11-8-14-27(17-19)23-24-15-20(16-25-23)18-9-4-2-5-10-18/h2,4-5,9-10,15-16,19,21H,3,6-8,11-14,17H2,1H3. The van der Waals surface area contributed by atoms with E-state index in [2.05, 4.69) is 27.0 Å². The second-order valence-electron chi connectivity index (χ2n) is 8.16. The normalized spacial score (nSPS) is 20.8. The van der Waals surface area contributed by atoms with Crippen molar-refractivity contribution in [3.05, 3.63) is 42.7 Å². The minimum absolute atomic E-state index is 0.0538. The van der Waals surface area contributed by atoms with Gasteiger partial charge in [-0.05, 0) is 31.2 Å². The Morgan fingerprint density at radius 3 is 2.39 bits per heavy atom. The first-order chi connectivity index (χ1) is 13.7. The third-order valence-corrected chi connectivity index (χ3v) is 6.27. The van der Waals surface area contributed by atoms with Gasteiger partial charge < -0.3 is 9.80 Å². The molecule has 1 saturated carbocycles. The highest BCUT2D eigenvalue weighted by Gasteiger charge is 2.32. The van der Waals surface area contributed by atoms with Crippen molar-refractivity contribution >= 4 is 11.9 Å². The topological polar surface area (TPSA) is 49.3 Å². The Kier molecular flexibility index (Phi) is 5.89. The predicted molar refractivity (Wildman–Crippen MR) is 112 cm³/mol. The number of rotatable bonds is 4. The summed E-state index contributed by atoms with van der Waals surface area (Å²) in [6, 6.07) is 10.6. The molecule has 4 rings (SSSR count). The van der Waals surface area contributed by atoms with Crippen LogP contribution in [0.5, 0.6) is 0 Å². The zero-order valence-electron chi connectivity index (χ0n) is 16.8. The van der Waals surface area contributed by atoms with E-state index in [1.807, 2.05) is 42.5 Å². The maximum atomic E-state index is 13.1. The van der Waals surface area contributed by atoms with Gasteiger partial charge >= 0.3 is 0 Å². The number of carbonyl (C=O) groups excluding carboxylic acids is 1. The zero-order chi connectivity index (χ0) is 19.3. The zero-order valence-corrected chi connectivity index (χ0v) is 16.8. The lowest BCUT2D eigenvalue weighted by molar-refractivity contribution is -0.137. The van der Waals surface area contributed by atoms with Gasteiger partial charge in [-0.2, -0.15) is 0 Å². The van der Waals surface area contributed by atoms with Crippen molar-refractivity contribution in [2.45, 2.75) is 51.0 Å². The van der Waals surface area contributed by atoms with Gasteiger partial charge in [0.1, 0.15) is 0 Å². The fourth-order valence-electron chi connectivity index (χ4n) is 4.56. The van der Waals surface area contributed by atoms with E-state index in [4.69, 9.17) is 0 Å². The number of nitrogens with zero attached hydrogens (tertiary/aromatic N) is 4. The first-order valence-corrected chi connectivity index (χ1v) is 10.6. The molecule has 1 atom stereocenters. The molecule has 0 radical (unpaired) electrons. The molecule has 1 aliphatic heterocycles. The molecule has 5 nitrogen and oxygen atoms in total. The first kappa shape index (κ1) is 18.9. The van der Waals surface area contributed by atoms with Crippen molar-refractivity contribution < 1.29 is 4.79 Å². The second-order valence-corrected chi connectivity index (χ2v) is 8.16. The van der Waals surface area contributed by atoms with Crippen LogP contribution < -0.4 is 4.90 Å². The van der Waals surface area contributed by atoms with Crippen molar-refractivity contribution in [1.82, 2.24) is 14.9 Å². The Bertz CT molecular complexity index is 771. The number of benzene rings is 1. The van der Waals surface area contributed by atoms with E-state index in [1.165, 1.54) is 19.3 Å². The van der Waals surface area contributed by atoms with Crippen LogP contribution in [0.3, 0.4) is 0 Å². The summed E-state index contributed by atoms with van der Waals surface area (Å²) in [7, 11) is 2.00. The monoisotopic (exact) mass is 378 g/mol. The lowest BCUT2D eigenvalue weighted by Gasteiger charge is -2.37. The van der Waals surface area contributed by atoms with Crippen LogP contribution in [0.25, 0.3) is 11.1 Å². The van der Waals surface area contributed by atoms with Crippen molar-refractivity contribution in [3.63, 3.8) is 0 Å². The summed E-state index contributed by atoms with van der Waals surface area (Å²) in [4.78, 5) is 26.5. The number of aromatic nitrogens is 2. The molecule has 2 heterocycles. The van der Waals surface area contributed by atoms with Crippen LogP contribution in [0, 0.1) is 5.92 Å². The molecule has 28 heavy (non-hydrogen) atoms. The van der Waals surface area contributed by atoms with Crippen LogP contribution in [0.15, 0.2) is 42.7 Å². The van der Waals surface area contributed by atoms with Gasteiger partial charge in [-0.3, -0.25) is 4.79 Å². The summed E-state index contributed by atoms with van der Waals surface area (Å²) in [5.74, 6) is 1.09. The maximum absolute atomic E-state index is 13.1. The molecular weight excluding hydrogens is 348 g/mol. The fraction of sp³-hybridized carbons (Fsp3) is 0.522. The van der Waals surface area contributed by atoms with Crippen LogP contribution in [-0.2, 0) is 4.79 Å². The van der Waals surface area contributed by atoms with E-state index in [0.29, 0.717) is 11.9 Å². The summed E-state index contributed by atoms with van der Waals surface area (Å²) in [6.07, 6.45) is 11.9. The summed E-state index contributed by atoms with van der Waals surface area (Å²) < 4.78 is 0. The molecule has 1 aromatic heterocycles. The van der Waals surface area contributed by atoms with Crippen molar-refractivity contribution in [1.29, 1.82) is 0 Å². The summed E-state index contributed by atoms with van der Waals surface area (Å²) in [5, 5.41) is 0. The largest absolute Gasteiger partial charge is 0.342 e. The van der Waals surface area contributed by atoms with Gasteiger partial charge in [-0.15, -0.1) is 0 Å². The molecule has 148 valence electrons. The fourth-order valence-corrected chi connectivity index (χ4v) is 4.56. The van der Waals surface area contributed by atoms with Gasteiger partial charge in [0.2, 0.25) is 11.9 Å². The van der Waals surface area contributed by atoms with Crippen LogP contribution in [0.2, 0.25) is 0 Å². The van der Waals surface area contributed by atoms with Crippen molar-refractivity contribution in [2.24, 2.45) is 5.92 Å². The van der Waals surface area contributed by atoms with E-state index in [1.54, 1.807) is 0 Å². The Hall–Kier alpha value is -2.43. The molecular formula is C23H30N4O. The Labute approximate surface area is 167 Å². The van der Waals surface area contributed by atoms with E-state index in [0.717, 1.165) is 55.8 Å². The first-order valence-electron chi connectivity index (χ1n) is 10.6. The maximum Gasteiger partial charge on any atom is 0.227 e. The molecule has 5 heteroatoms. The van der Waals surface area contributed by atoms with Crippen LogP contribution >= 0.6 is 0 Å². The minimum atomic E-state index is 0.0538. The Balaban J connectivity index is 1.41. The molecule has 1 aliphatic carbocycles. The number of piperidine rings is 1. The van der Waals surface area contributed by atoms with E-state index in [-0.39, 0.29) is 5.92 Å². The smallest absolute Gasteiger partial charge is 0.227 e. The van der Waals surface area contributed by atoms with Gasteiger partial charge in [0, 0.05) is 44.1 Å². The Morgan fingerprint density at radius 2 is 1.68 bits per heavy atom. The molecule has 1 saturated heterocycles. The average Bonchev–Trinajstić information content (AvgIpc) is 2.79. The van der Waals surface area contributed by atoms with Gasteiger partial charge in [0.15, 0.2) is 0 Å². The summed E-state index contributed by atoms with van der Waals surface area (Å²) in [6.45, 7) is 1.64. The number of carbonyl (C=O) groups is 1. The molecule has 1 unspecified atom stereocenters. The van der Waals surface area contributed by atoms with Gasteiger partial charge in [-0.1, -0.05) is 49.6 Å². The number of hydrogen-bond acceptors (Lipinski definition) is 4. The number of anilines is 1.